The van der Waals surface area contributed by atoms with Gasteiger partial charge in [0, 0.05) is 6.61 Å². The summed E-state index contributed by atoms with van der Waals surface area (Å²) >= 11 is 0. The molecule has 2 aliphatic heterocycles. The van der Waals surface area contributed by atoms with E-state index < -0.39 is 24.2 Å². The first-order valence-corrected chi connectivity index (χ1v) is 7.56. The summed E-state index contributed by atoms with van der Waals surface area (Å²) in [6, 6.07) is 9.68. The maximum absolute atomic E-state index is 12.3. The molecular weight excluding hydrogens is 294 g/mol. The molecule has 1 fully saturated rings. The monoisotopic (exact) mass is 313 g/mol. The quantitative estimate of drug-likeness (QED) is 0.849. The Morgan fingerprint density at radius 3 is 2.52 bits per heavy atom. The van der Waals surface area contributed by atoms with Gasteiger partial charge in [-0.15, -0.1) is 0 Å². The van der Waals surface area contributed by atoms with Gasteiger partial charge in [0.15, 0.2) is 6.23 Å². The lowest BCUT2D eigenvalue weighted by Gasteiger charge is -2.38. The number of hydrogen-bond donors (Lipinski definition) is 1. The van der Waals surface area contributed by atoms with Gasteiger partial charge in [-0.2, -0.15) is 0 Å². The van der Waals surface area contributed by atoms with E-state index in [9.17, 15) is 9.59 Å². The SMILES string of the molecule is CCOC1C(N)=C(C=Cc2ccccc2)N2C(=O)C(=O)N1C2C. The van der Waals surface area contributed by atoms with E-state index in [0.29, 0.717) is 18.0 Å². The van der Waals surface area contributed by atoms with Crippen molar-refractivity contribution in [2.75, 3.05) is 6.61 Å². The highest BCUT2D eigenvalue weighted by atomic mass is 16.5. The van der Waals surface area contributed by atoms with Crippen LogP contribution in [0.25, 0.3) is 6.08 Å². The molecule has 0 aliphatic carbocycles. The number of carbonyl (C=O) groups excluding carboxylic acids is 2. The molecule has 0 radical (unpaired) electrons. The van der Waals surface area contributed by atoms with Gasteiger partial charge in [-0.25, -0.2) is 0 Å². The fourth-order valence-corrected chi connectivity index (χ4v) is 2.95. The number of benzene rings is 1. The van der Waals surface area contributed by atoms with Crippen LogP contribution in [-0.2, 0) is 14.3 Å². The van der Waals surface area contributed by atoms with E-state index in [-0.39, 0.29) is 0 Å². The number of rotatable bonds is 4. The van der Waals surface area contributed by atoms with Crippen molar-refractivity contribution in [3.63, 3.8) is 0 Å². The van der Waals surface area contributed by atoms with Crippen molar-refractivity contribution in [1.29, 1.82) is 0 Å². The van der Waals surface area contributed by atoms with Crippen LogP contribution in [0.2, 0.25) is 0 Å². The number of allylic oxidation sites excluding steroid dienone is 1. The Labute approximate surface area is 134 Å². The second-order valence-electron chi connectivity index (χ2n) is 5.41. The van der Waals surface area contributed by atoms with E-state index in [1.165, 1.54) is 9.80 Å². The van der Waals surface area contributed by atoms with Crippen LogP contribution in [0, 0.1) is 0 Å². The topological polar surface area (TPSA) is 75.9 Å². The summed E-state index contributed by atoms with van der Waals surface area (Å²) in [5.74, 6) is -1.16. The zero-order valence-corrected chi connectivity index (χ0v) is 13.1. The summed E-state index contributed by atoms with van der Waals surface area (Å²) in [6.45, 7) is 4.01. The molecule has 1 aromatic carbocycles. The van der Waals surface area contributed by atoms with Crippen molar-refractivity contribution in [1.82, 2.24) is 9.80 Å². The summed E-state index contributed by atoms with van der Waals surface area (Å²) in [5.41, 5.74) is 8.07. The Morgan fingerprint density at radius 2 is 1.87 bits per heavy atom. The zero-order valence-electron chi connectivity index (χ0n) is 13.1. The predicted molar refractivity (Wildman–Crippen MR) is 85.3 cm³/mol. The number of hydrogen-bond acceptors (Lipinski definition) is 4. The fraction of sp³-hybridized carbons (Fsp3) is 0.294. The molecule has 2 heterocycles. The molecule has 1 aromatic rings. The Hall–Kier alpha value is -2.60. The minimum absolute atomic E-state index is 0.372. The molecule has 1 saturated heterocycles. The highest BCUT2D eigenvalue weighted by Crippen LogP contribution is 2.34. The van der Waals surface area contributed by atoms with Gasteiger partial charge in [0.25, 0.3) is 0 Å². The smallest absolute Gasteiger partial charge is 0.318 e. The van der Waals surface area contributed by atoms with E-state index in [4.69, 9.17) is 10.5 Å². The first-order valence-electron chi connectivity index (χ1n) is 7.56. The van der Waals surface area contributed by atoms with E-state index >= 15 is 0 Å². The Kier molecular flexibility index (Phi) is 3.92. The second-order valence-corrected chi connectivity index (χ2v) is 5.41. The van der Waals surface area contributed by atoms with Crippen LogP contribution >= 0.6 is 0 Å². The number of fused-ring (bicyclic) bond motifs is 2. The van der Waals surface area contributed by atoms with Gasteiger partial charge in [0.1, 0.15) is 6.17 Å². The van der Waals surface area contributed by atoms with Crippen LogP contribution in [0.3, 0.4) is 0 Å². The van der Waals surface area contributed by atoms with Crippen LogP contribution < -0.4 is 5.73 Å². The number of nitrogens with two attached hydrogens (primary N) is 1. The third kappa shape index (κ3) is 2.41. The van der Waals surface area contributed by atoms with Gasteiger partial charge in [0.2, 0.25) is 0 Å². The summed E-state index contributed by atoms with van der Waals surface area (Å²) in [7, 11) is 0. The third-order valence-electron chi connectivity index (χ3n) is 4.04. The van der Waals surface area contributed by atoms with E-state index in [2.05, 4.69) is 0 Å². The minimum atomic E-state index is -0.708. The van der Waals surface area contributed by atoms with Crippen LogP contribution in [0.15, 0.2) is 47.8 Å². The third-order valence-corrected chi connectivity index (χ3v) is 4.04. The maximum Gasteiger partial charge on any atom is 0.318 e. The molecule has 2 unspecified atom stereocenters. The van der Waals surface area contributed by atoms with Crippen molar-refractivity contribution in [2.45, 2.75) is 26.2 Å². The average molecular weight is 313 g/mol. The minimum Gasteiger partial charge on any atom is -0.397 e. The average Bonchev–Trinajstić information content (AvgIpc) is 2.72. The Balaban J connectivity index is 2.02. The normalized spacial score (nSPS) is 24.3. The zero-order chi connectivity index (χ0) is 16.6. The molecule has 23 heavy (non-hydrogen) atoms. The van der Waals surface area contributed by atoms with Crippen molar-refractivity contribution >= 4 is 17.9 Å². The molecule has 2 N–H and O–H groups in total. The summed E-state index contributed by atoms with van der Waals surface area (Å²) in [6.07, 6.45) is 2.51. The van der Waals surface area contributed by atoms with Gasteiger partial charge in [-0.05, 0) is 25.5 Å². The van der Waals surface area contributed by atoms with Crippen molar-refractivity contribution in [2.24, 2.45) is 5.73 Å². The Morgan fingerprint density at radius 1 is 1.17 bits per heavy atom. The summed E-state index contributed by atoms with van der Waals surface area (Å²) in [4.78, 5) is 27.3. The van der Waals surface area contributed by atoms with Crippen LogP contribution in [0.1, 0.15) is 19.4 Å². The van der Waals surface area contributed by atoms with Crippen LogP contribution in [0.5, 0.6) is 0 Å². The first kappa shape index (κ1) is 15.3. The van der Waals surface area contributed by atoms with Gasteiger partial charge < -0.3 is 10.5 Å². The van der Waals surface area contributed by atoms with Gasteiger partial charge in [0.05, 0.1) is 11.4 Å². The van der Waals surface area contributed by atoms with Gasteiger partial charge >= 0.3 is 11.8 Å². The number of ether oxygens (including phenoxy) is 1. The second kappa shape index (κ2) is 5.89. The lowest BCUT2D eigenvalue weighted by molar-refractivity contribution is -0.147. The number of amides is 2. The first-order chi connectivity index (χ1) is 11.1. The highest BCUT2D eigenvalue weighted by Gasteiger charge is 2.52. The van der Waals surface area contributed by atoms with Gasteiger partial charge in [-0.1, -0.05) is 36.4 Å². The van der Waals surface area contributed by atoms with E-state index in [1.54, 1.807) is 13.0 Å². The highest BCUT2D eigenvalue weighted by molar-refractivity contribution is 6.37. The van der Waals surface area contributed by atoms with Crippen LogP contribution in [0.4, 0.5) is 0 Å². The molecule has 3 rings (SSSR count). The standard InChI is InChI=1S/C17H19N3O3/c1-3-23-17-14(18)13(10-9-12-7-5-4-6-8-12)19-11(2)20(17)16(22)15(19)21/h4-11,17H,3,18H2,1-2H3. The maximum atomic E-state index is 12.3. The van der Waals surface area contributed by atoms with Crippen molar-refractivity contribution in [3.8, 4) is 0 Å². The molecule has 120 valence electrons. The fourth-order valence-electron chi connectivity index (χ4n) is 2.95. The molecule has 2 atom stereocenters. The van der Waals surface area contributed by atoms with E-state index in [1.807, 2.05) is 43.3 Å². The van der Waals surface area contributed by atoms with Gasteiger partial charge in [-0.3, -0.25) is 19.4 Å². The molecule has 0 aromatic heterocycles. The van der Waals surface area contributed by atoms with Crippen molar-refractivity contribution in [3.05, 3.63) is 53.4 Å². The molecule has 0 spiro atoms. The predicted octanol–water partition coefficient (Wildman–Crippen LogP) is 1.26. The molecule has 2 amide bonds. The molecule has 6 nitrogen and oxygen atoms in total. The molecular formula is C17H19N3O3. The van der Waals surface area contributed by atoms with Crippen molar-refractivity contribution < 1.29 is 14.3 Å². The Bertz CT molecular complexity index is 696. The van der Waals surface area contributed by atoms with Crippen LogP contribution in [-0.4, -0.2) is 40.6 Å². The number of carbonyl (C=O) groups is 2. The van der Waals surface area contributed by atoms with E-state index in [0.717, 1.165) is 5.56 Å². The molecule has 2 bridgehead atoms. The molecule has 0 saturated carbocycles. The summed E-state index contributed by atoms with van der Waals surface area (Å²) in [5, 5.41) is 0. The lowest BCUT2D eigenvalue weighted by Crippen LogP contribution is -2.52. The molecule has 2 aliphatic rings. The molecule has 6 heteroatoms. The number of nitrogens with zero attached hydrogens (tertiary/aromatic N) is 2. The summed E-state index contributed by atoms with van der Waals surface area (Å²) < 4.78 is 5.61. The largest absolute Gasteiger partial charge is 0.397 e. The lowest BCUT2D eigenvalue weighted by atomic mass is 10.1.